The highest BCUT2D eigenvalue weighted by Gasteiger charge is 2.18. The maximum Gasteiger partial charge on any atom is 0.339 e. The molecule has 1 aliphatic heterocycles. The third-order valence-electron chi connectivity index (χ3n) is 3.14. The number of nitrogens with zero attached hydrogens (tertiary/aromatic N) is 1. The standard InChI is InChI=1S/C13H17N3O4/c17-11-9(12(18)19)3-1-4-10(11)15-13(20)16-7-2-5-14-6-8-16/h1,3-4,14,17H,2,5-8H2,(H,15,20)(H,18,19). The lowest BCUT2D eigenvalue weighted by Gasteiger charge is -2.21. The van der Waals surface area contributed by atoms with Gasteiger partial charge < -0.3 is 25.7 Å². The van der Waals surface area contributed by atoms with Gasteiger partial charge in [-0.1, -0.05) is 6.07 Å². The molecule has 2 rings (SSSR count). The molecule has 1 aliphatic rings. The molecule has 0 radical (unpaired) electrons. The zero-order valence-corrected chi connectivity index (χ0v) is 10.9. The molecule has 108 valence electrons. The number of carbonyl (C=O) groups is 2. The second-order valence-corrected chi connectivity index (χ2v) is 4.53. The molecular weight excluding hydrogens is 262 g/mol. The van der Waals surface area contributed by atoms with Crippen molar-refractivity contribution in [3.05, 3.63) is 23.8 Å². The number of phenols is 1. The van der Waals surface area contributed by atoms with Crippen molar-refractivity contribution in [3.63, 3.8) is 0 Å². The number of aromatic carboxylic acids is 1. The minimum Gasteiger partial charge on any atom is -0.505 e. The molecular formula is C13H17N3O4. The van der Waals surface area contributed by atoms with E-state index >= 15 is 0 Å². The molecule has 20 heavy (non-hydrogen) atoms. The van der Waals surface area contributed by atoms with Crippen LogP contribution in [0.25, 0.3) is 0 Å². The predicted molar refractivity (Wildman–Crippen MR) is 73.1 cm³/mol. The van der Waals surface area contributed by atoms with Crippen LogP contribution in [0.1, 0.15) is 16.8 Å². The predicted octanol–water partition coefficient (Wildman–Crippen LogP) is 0.918. The second kappa shape index (κ2) is 6.25. The Balaban J connectivity index is 2.11. The fourth-order valence-electron chi connectivity index (χ4n) is 2.06. The summed E-state index contributed by atoms with van der Waals surface area (Å²) in [7, 11) is 0. The Labute approximate surface area is 116 Å². The number of carboxylic acids is 1. The number of hydrogen-bond donors (Lipinski definition) is 4. The zero-order valence-electron chi connectivity index (χ0n) is 10.9. The summed E-state index contributed by atoms with van der Waals surface area (Å²) in [4.78, 5) is 24.6. The highest BCUT2D eigenvalue weighted by molar-refractivity contribution is 5.97. The molecule has 0 saturated carbocycles. The van der Waals surface area contributed by atoms with Crippen LogP contribution in [0.5, 0.6) is 5.75 Å². The Morgan fingerprint density at radius 1 is 1.25 bits per heavy atom. The minimum atomic E-state index is -1.24. The van der Waals surface area contributed by atoms with Crippen LogP contribution in [0.3, 0.4) is 0 Å². The van der Waals surface area contributed by atoms with E-state index in [0.29, 0.717) is 19.6 Å². The molecule has 1 fully saturated rings. The van der Waals surface area contributed by atoms with Crippen LogP contribution in [0.2, 0.25) is 0 Å². The van der Waals surface area contributed by atoms with Crippen LogP contribution in [0.4, 0.5) is 10.5 Å². The summed E-state index contributed by atoms with van der Waals surface area (Å²) in [5.41, 5.74) is -0.132. The summed E-state index contributed by atoms with van der Waals surface area (Å²) in [6.07, 6.45) is 0.856. The first-order valence-electron chi connectivity index (χ1n) is 6.41. The summed E-state index contributed by atoms with van der Waals surface area (Å²) in [5, 5.41) is 24.5. The number of carboxylic acid groups (broad SMARTS) is 1. The van der Waals surface area contributed by atoms with E-state index in [1.54, 1.807) is 4.90 Å². The summed E-state index contributed by atoms with van der Waals surface area (Å²) >= 11 is 0. The monoisotopic (exact) mass is 279 g/mol. The van der Waals surface area contributed by atoms with Crippen molar-refractivity contribution in [2.75, 3.05) is 31.5 Å². The van der Waals surface area contributed by atoms with Gasteiger partial charge in [0.15, 0.2) is 5.75 Å². The molecule has 1 saturated heterocycles. The van der Waals surface area contributed by atoms with Gasteiger partial charge in [-0.05, 0) is 25.1 Å². The third-order valence-corrected chi connectivity index (χ3v) is 3.14. The number of rotatable bonds is 2. The van der Waals surface area contributed by atoms with Crippen molar-refractivity contribution in [3.8, 4) is 5.75 Å². The Kier molecular flexibility index (Phi) is 4.41. The normalized spacial score (nSPS) is 15.5. The zero-order chi connectivity index (χ0) is 14.5. The van der Waals surface area contributed by atoms with Crippen LogP contribution >= 0.6 is 0 Å². The van der Waals surface area contributed by atoms with E-state index in [0.717, 1.165) is 13.0 Å². The number of benzene rings is 1. The first-order valence-corrected chi connectivity index (χ1v) is 6.41. The van der Waals surface area contributed by atoms with Gasteiger partial charge in [0.1, 0.15) is 5.56 Å². The van der Waals surface area contributed by atoms with E-state index in [4.69, 9.17) is 5.11 Å². The molecule has 1 aromatic rings. The summed E-state index contributed by atoms with van der Waals surface area (Å²) < 4.78 is 0. The number of amides is 2. The molecule has 2 amide bonds. The molecule has 4 N–H and O–H groups in total. The van der Waals surface area contributed by atoms with Gasteiger partial charge >= 0.3 is 12.0 Å². The number of para-hydroxylation sites is 1. The quantitative estimate of drug-likeness (QED) is 0.603. The Bertz CT molecular complexity index is 510. The van der Waals surface area contributed by atoms with E-state index < -0.39 is 11.7 Å². The average Bonchev–Trinajstić information content (AvgIpc) is 2.69. The van der Waals surface area contributed by atoms with Crippen LogP contribution in [-0.2, 0) is 0 Å². The molecule has 7 heteroatoms. The average molecular weight is 279 g/mol. The molecule has 0 unspecified atom stereocenters. The minimum absolute atomic E-state index is 0.104. The van der Waals surface area contributed by atoms with Crippen LogP contribution < -0.4 is 10.6 Å². The smallest absolute Gasteiger partial charge is 0.339 e. The number of carbonyl (C=O) groups excluding carboxylic acids is 1. The summed E-state index contributed by atoms with van der Waals surface area (Å²) in [6, 6.07) is 3.88. The van der Waals surface area contributed by atoms with Crippen molar-refractivity contribution in [2.24, 2.45) is 0 Å². The van der Waals surface area contributed by atoms with Gasteiger partial charge in [-0.15, -0.1) is 0 Å². The molecule has 1 aromatic carbocycles. The second-order valence-electron chi connectivity index (χ2n) is 4.53. The van der Waals surface area contributed by atoms with Crippen LogP contribution in [0.15, 0.2) is 18.2 Å². The molecule has 0 aliphatic carbocycles. The third kappa shape index (κ3) is 3.18. The van der Waals surface area contributed by atoms with Crippen molar-refractivity contribution in [1.29, 1.82) is 0 Å². The van der Waals surface area contributed by atoms with Gasteiger partial charge in [-0.2, -0.15) is 0 Å². The number of hydrogen-bond acceptors (Lipinski definition) is 4. The topological polar surface area (TPSA) is 102 Å². The summed E-state index contributed by atoms with van der Waals surface area (Å²) in [6.45, 7) is 2.78. The fraction of sp³-hybridized carbons (Fsp3) is 0.385. The van der Waals surface area contributed by atoms with E-state index in [9.17, 15) is 14.7 Å². The van der Waals surface area contributed by atoms with Gasteiger partial charge in [0, 0.05) is 19.6 Å². The van der Waals surface area contributed by atoms with Crippen molar-refractivity contribution >= 4 is 17.7 Å². The van der Waals surface area contributed by atoms with Crippen molar-refractivity contribution < 1.29 is 19.8 Å². The number of nitrogens with one attached hydrogen (secondary N) is 2. The molecule has 1 heterocycles. The highest BCUT2D eigenvalue weighted by atomic mass is 16.4. The fourth-order valence-corrected chi connectivity index (χ4v) is 2.06. The lowest BCUT2D eigenvalue weighted by Crippen LogP contribution is -2.37. The van der Waals surface area contributed by atoms with E-state index in [1.807, 2.05) is 0 Å². The van der Waals surface area contributed by atoms with Gasteiger partial charge in [0.25, 0.3) is 0 Å². The number of anilines is 1. The molecule has 0 aromatic heterocycles. The van der Waals surface area contributed by atoms with Crippen molar-refractivity contribution in [1.82, 2.24) is 10.2 Å². The van der Waals surface area contributed by atoms with Crippen LogP contribution in [-0.4, -0.2) is 53.3 Å². The van der Waals surface area contributed by atoms with E-state index in [1.165, 1.54) is 18.2 Å². The summed E-state index contributed by atoms with van der Waals surface area (Å²) in [5.74, 6) is -1.67. The van der Waals surface area contributed by atoms with Crippen molar-refractivity contribution in [2.45, 2.75) is 6.42 Å². The molecule has 0 bridgehead atoms. The van der Waals surface area contributed by atoms with Gasteiger partial charge in [-0.3, -0.25) is 0 Å². The van der Waals surface area contributed by atoms with Gasteiger partial charge in [-0.25, -0.2) is 9.59 Å². The maximum atomic E-state index is 12.1. The van der Waals surface area contributed by atoms with Crippen LogP contribution in [0, 0.1) is 0 Å². The first-order chi connectivity index (χ1) is 9.59. The maximum absolute atomic E-state index is 12.1. The largest absolute Gasteiger partial charge is 0.505 e. The molecule has 0 atom stereocenters. The molecule has 7 nitrogen and oxygen atoms in total. The lowest BCUT2D eigenvalue weighted by atomic mass is 10.1. The Hall–Kier alpha value is -2.28. The van der Waals surface area contributed by atoms with Gasteiger partial charge in [0.05, 0.1) is 5.69 Å². The number of urea groups is 1. The SMILES string of the molecule is O=C(O)c1cccc(NC(=O)N2CCCNCC2)c1O. The molecule has 0 spiro atoms. The van der Waals surface area contributed by atoms with E-state index in [2.05, 4.69) is 10.6 Å². The Morgan fingerprint density at radius 2 is 2.05 bits per heavy atom. The Morgan fingerprint density at radius 3 is 2.80 bits per heavy atom. The lowest BCUT2D eigenvalue weighted by molar-refractivity contribution is 0.0693. The highest BCUT2D eigenvalue weighted by Crippen LogP contribution is 2.27. The first kappa shape index (κ1) is 14.1. The number of aromatic hydroxyl groups is 1. The van der Waals surface area contributed by atoms with Gasteiger partial charge in [0.2, 0.25) is 0 Å². The van der Waals surface area contributed by atoms with E-state index in [-0.39, 0.29) is 17.3 Å².